The Labute approximate surface area is 116 Å². The van der Waals surface area contributed by atoms with Crippen molar-refractivity contribution >= 4 is 0 Å². The topological polar surface area (TPSA) is 65.7 Å². The van der Waals surface area contributed by atoms with Crippen LogP contribution in [0.1, 0.15) is 49.4 Å². The molecule has 1 aliphatic rings. The number of nitrogens with one attached hydrogen (secondary N) is 2. The van der Waals surface area contributed by atoms with Crippen LogP contribution in [0, 0.1) is 0 Å². The average Bonchev–Trinajstić information content (AvgIpc) is 2.38. The van der Waals surface area contributed by atoms with Gasteiger partial charge in [-0.3, -0.25) is 9.78 Å². The van der Waals surface area contributed by atoms with Crippen LogP contribution < -0.4 is 11.2 Å². The molecule has 104 valence electrons. The summed E-state index contributed by atoms with van der Waals surface area (Å²) < 4.78 is 0. The number of hydrogen-bond acceptors (Lipinski definition) is 2. The van der Waals surface area contributed by atoms with E-state index in [0.29, 0.717) is 0 Å². The summed E-state index contributed by atoms with van der Waals surface area (Å²) >= 11 is 0. The van der Waals surface area contributed by atoms with Crippen LogP contribution in [-0.4, -0.2) is 9.97 Å². The molecule has 4 nitrogen and oxygen atoms in total. The number of fused-ring (bicyclic) bond motifs is 1. The molecular weight excluding hydrogens is 252 g/mol. The highest BCUT2D eigenvalue weighted by atomic mass is 16.2. The first kappa shape index (κ1) is 12.9. The van der Waals surface area contributed by atoms with Crippen molar-refractivity contribution in [2.75, 3.05) is 0 Å². The molecule has 2 aromatic rings. The highest BCUT2D eigenvalue weighted by Crippen LogP contribution is 2.42. The molecule has 0 aliphatic heterocycles. The van der Waals surface area contributed by atoms with E-state index in [2.05, 4.69) is 23.8 Å². The molecule has 2 N–H and O–H groups in total. The Hall–Kier alpha value is -2.10. The number of aromatic amines is 2. The van der Waals surface area contributed by atoms with E-state index in [4.69, 9.17) is 0 Å². The molecule has 1 atom stereocenters. The molecule has 1 aliphatic carbocycles. The van der Waals surface area contributed by atoms with Gasteiger partial charge in [-0.05, 0) is 23.8 Å². The first-order valence-electron chi connectivity index (χ1n) is 6.91. The van der Waals surface area contributed by atoms with Gasteiger partial charge in [0.1, 0.15) is 0 Å². The molecule has 3 rings (SSSR count). The molecule has 0 amide bonds. The smallest absolute Gasteiger partial charge is 0.310 e. The lowest BCUT2D eigenvalue weighted by molar-refractivity contribution is 0.397. The molecule has 4 heteroatoms. The molecule has 0 spiro atoms. The van der Waals surface area contributed by atoms with E-state index in [1.807, 2.05) is 30.3 Å². The zero-order valence-electron chi connectivity index (χ0n) is 11.7. The fourth-order valence-electron chi connectivity index (χ4n) is 3.23. The van der Waals surface area contributed by atoms with Gasteiger partial charge in [0.25, 0.3) is 5.56 Å². The number of aromatic nitrogens is 2. The quantitative estimate of drug-likeness (QED) is 0.834. The van der Waals surface area contributed by atoms with Crippen molar-refractivity contribution in [2.45, 2.75) is 38.0 Å². The van der Waals surface area contributed by atoms with E-state index in [1.165, 1.54) is 0 Å². The minimum Gasteiger partial charge on any atom is -0.310 e. The molecule has 1 heterocycles. The van der Waals surface area contributed by atoms with Crippen LogP contribution in [0.5, 0.6) is 0 Å². The van der Waals surface area contributed by atoms with Crippen LogP contribution in [0.15, 0.2) is 39.9 Å². The van der Waals surface area contributed by atoms with Gasteiger partial charge >= 0.3 is 5.69 Å². The molecule has 0 saturated carbocycles. The van der Waals surface area contributed by atoms with Gasteiger partial charge in [-0.15, -0.1) is 0 Å². The third kappa shape index (κ3) is 2.01. The molecule has 0 saturated heterocycles. The van der Waals surface area contributed by atoms with E-state index >= 15 is 0 Å². The molecule has 1 aromatic heterocycles. The Morgan fingerprint density at radius 1 is 1.10 bits per heavy atom. The maximum Gasteiger partial charge on any atom is 0.325 e. The Bertz CT molecular complexity index is 741. The van der Waals surface area contributed by atoms with Crippen LogP contribution in [0.3, 0.4) is 0 Å². The van der Waals surface area contributed by atoms with Crippen molar-refractivity contribution < 1.29 is 0 Å². The van der Waals surface area contributed by atoms with Crippen molar-refractivity contribution in [3.8, 4) is 0 Å². The van der Waals surface area contributed by atoms with E-state index < -0.39 is 5.69 Å². The average molecular weight is 270 g/mol. The second kappa shape index (κ2) is 4.47. The summed E-state index contributed by atoms with van der Waals surface area (Å²) in [6.07, 6.45) is 1.86. The van der Waals surface area contributed by atoms with Gasteiger partial charge in [0.05, 0.1) is 0 Å². The normalized spacial score (nSPS) is 20.4. The van der Waals surface area contributed by atoms with Gasteiger partial charge in [-0.2, -0.15) is 0 Å². The largest absolute Gasteiger partial charge is 0.325 e. The molecule has 1 unspecified atom stereocenters. The van der Waals surface area contributed by atoms with Crippen molar-refractivity contribution in [3.05, 3.63) is 68.0 Å². The van der Waals surface area contributed by atoms with Crippen molar-refractivity contribution in [1.82, 2.24) is 9.97 Å². The number of rotatable bonds is 1. The van der Waals surface area contributed by atoms with Crippen LogP contribution in [0.2, 0.25) is 0 Å². The minimum absolute atomic E-state index is 0.0919. The van der Waals surface area contributed by atoms with E-state index in [-0.39, 0.29) is 16.9 Å². The van der Waals surface area contributed by atoms with Crippen LogP contribution in [0.4, 0.5) is 0 Å². The molecule has 1 aromatic carbocycles. The van der Waals surface area contributed by atoms with E-state index in [1.54, 1.807) is 0 Å². The lowest BCUT2D eigenvalue weighted by Crippen LogP contribution is -2.39. The van der Waals surface area contributed by atoms with E-state index in [0.717, 1.165) is 29.7 Å². The van der Waals surface area contributed by atoms with Crippen molar-refractivity contribution in [2.24, 2.45) is 0 Å². The number of benzene rings is 1. The van der Waals surface area contributed by atoms with Gasteiger partial charge in [-0.1, -0.05) is 44.2 Å². The highest BCUT2D eigenvalue weighted by molar-refractivity contribution is 5.38. The standard InChI is InChI=1S/C16H18N2O2/c1-16(2)9-8-11(10-6-4-3-5-7-10)13-12(16)14(19)18-15(20)17-13/h3-7,11H,8-9H2,1-2H3,(H2,17,18,19,20). The molecule has 20 heavy (non-hydrogen) atoms. The second-order valence-corrected chi connectivity index (χ2v) is 6.08. The third-order valence-electron chi connectivity index (χ3n) is 4.26. The predicted molar refractivity (Wildman–Crippen MR) is 78.2 cm³/mol. The maximum atomic E-state index is 12.2. The molecule has 0 bridgehead atoms. The van der Waals surface area contributed by atoms with Gasteiger partial charge in [0.15, 0.2) is 0 Å². The van der Waals surface area contributed by atoms with Crippen LogP contribution >= 0.6 is 0 Å². The molecule has 0 fully saturated rings. The SMILES string of the molecule is CC1(C)CCC(c2ccccc2)c2[nH]c(=O)[nH]c(=O)c21. The van der Waals surface area contributed by atoms with E-state index in [9.17, 15) is 9.59 Å². The molecule has 0 radical (unpaired) electrons. The number of hydrogen-bond donors (Lipinski definition) is 2. The van der Waals surface area contributed by atoms with Crippen LogP contribution in [0.25, 0.3) is 0 Å². The highest BCUT2D eigenvalue weighted by Gasteiger charge is 2.36. The lowest BCUT2D eigenvalue weighted by atomic mass is 9.69. The van der Waals surface area contributed by atoms with Gasteiger partial charge in [0, 0.05) is 17.2 Å². The summed E-state index contributed by atoms with van der Waals surface area (Å²) in [5, 5.41) is 0. The Kier molecular flexibility index (Phi) is 2.89. The Morgan fingerprint density at radius 2 is 1.80 bits per heavy atom. The van der Waals surface area contributed by atoms with Crippen LogP contribution in [-0.2, 0) is 5.41 Å². The summed E-state index contributed by atoms with van der Waals surface area (Å²) in [5.74, 6) is 0.0919. The predicted octanol–water partition coefficient (Wildman–Crippen LogP) is 2.27. The Balaban J connectivity index is 2.25. The summed E-state index contributed by atoms with van der Waals surface area (Å²) in [4.78, 5) is 29.1. The van der Waals surface area contributed by atoms with Gasteiger partial charge < -0.3 is 4.98 Å². The number of H-pyrrole nitrogens is 2. The minimum atomic E-state index is -0.424. The lowest BCUT2D eigenvalue weighted by Gasteiger charge is -2.35. The zero-order valence-corrected chi connectivity index (χ0v) is 11.7. The Morgan fingerprint density at radius 3 is 2.50 bits per heavy atom. The monoisotopic (exact) mass is 270 g/mol. The maximum absolute atomic E-state index is 12.2. The first-order chi connectivity index (χ1) is 9.49. The second-order valence-electron chi connectivity index (χ2n) is 6.08. The first-order valence-corrected chi connectivity index (χ1v) is 6.91. The summed E-state index contributed by atoms with van der Waals surface area (Å²) in [5.41, 5.74) is 1.75. The van der Waals surface area contributed by atoms with Crippen molar-refractivity contribution in [1.29, 1.82) is 0 Å². The van der Waals surface area contributed by atoms with Gasteiger partial charge in [-0.25, -0.2) is 4.79 Å². The van der Waals surface area contributed by atoms with Crippen molar-refractivity contribution in [3.63, 3.8) is 0 Å². The summed E-state index contributed by atoms with van der Waals surface area (Å²) in [7, 11) is 0. The summed E-state index contributed by atoms with van der Waals surface area (Å²) in [6.45, 7) is 4.11. The fraction of sp³-hybridized carbons (Fsp3) is 0.375. The van der Waals surface area contributed by atoms with Gasteiger partial charge in [0.2, 0.25) is 0 Å². The third-order valence-corrected chi connectivity index (χ3v) is 4.26. The molecular formula is C16H18N2O2. The summed E-state index contributed by atoms with van der Waals surface area (Å²) in [6, 6.07) is 10.0. The zero-order chi connectivity index (χ0) is 14.3. The fourth-order valence-corrected chi connectivity index (χ4v) is 3.23.